The number of benzene rings is 2. The van der Waals surface area contributed by atoms with Gasteiger partial charge in [0, 0.05) is 18.2 Å². The van der Waals surface area contributed by atoms with Crippen LogP contribution in [0.4, 0.5) is 5.69 Å². The number of aryl methyl sites for hydroxylation is 2. The summed E-state index contributed by atoms with van der Waals surface area (Å²) < 4.78 is 5.18. The van der Waals surface area contributed by atoms with Crippen LogP contribution in [0.1, 0.15) is 35.4 Å². The molecule has 1 aliphatic heterocycles. The van der Waals surface area contributed by atoms with Gasteiger partial charge in [-0.1, -0.05) is 23.3 Å². The van der Waals surface area contributed by atoms with Gasteiger partial charge in [0.05, 0.1) is 29.4 Å². The Morgan fingerprint density at radius 3 is 2.35 bits per heavy atom. The molecule has 7 heteroatoms. The second-order valence-electron chi connectivity index (χ2n) is 8.69. The van der Waals surface area contributed by atoms with Gasteiger partial charge >= 0.3 is 0 Å². The number of nitrogen functional groups attached to an aromatic ring is 1. The van der Waals surface area contributed by atoms with E-state index in [1.807, 2.05) is 18.3 Å². The van der Waals surface area contributed by atoms with Gasteiger partial charge in [0.1, 0.15) is 11.6 Å². The average Bonchev–Trinajstić information content (AvgIpc) is 3.39. The Morgan fingerprint density at radius 2 is 1.76 bits per heavy atom. The molecule has 2 aromatic carbocycles. The molecule has 0 radical (unpaired) electrons. The molecule has 4 N–H and O–H groups in total. The van der Waals surface area contributed by atoms with E-state index in [-0.39, 0.29) is 5.56 Å². The van der Waals surface area contributed by atoms with E-state index in [9.17, 15) is 4.79 Å². The molecule has 0 unspecified atom stereocenters. The van der Waals surface area contributed by atoms with E-state index in [0.717, 1.165) is 16.8 Å². The maximum atomic E-state index is 12.5. The molecule has 7 nitrogen and oxygen atoms in total. The van der Waals surface area contributed by atoms with Gasteiger partial charge in [0.25, 0.3) is 5.56 Å². The third-order valence-electron chi connectivity index (χ3n) is 5.78. The van der Waals surface area contributed by atoms with Crippen molar-refractivity contribution in [1.29, 1.82) is 0 Å². The Labute approximate surface area is 199 Å². The number of fused-ring (bicyclic) bond motifs is 1. The number of methoxy groups -OCH3 is 1. The maximum absolute atomic E-state index is 12.5. The highest BCUT2D eigenvalue weighted by Gasteiger charge is 2.10. The lowest BCUT2D eigenvalue weighted by molar-refractivity contribution is 0.417. The van der Waals surface area contributed by atoms with Crippen molar-refractivity contribution in [3.05, 3.63) is 81.5 Å². The van der Waals surface area contributed by atoms with Crippen molar-refractivity contribution in [3.63, 3.8) is 0 Å². The molecule has 0 bridgehead atoms. The fourth-order valence-corrected chi connectivity index (χ4v) is 4.13. The van der Waals surface area contributed by atoms with Crippen molar-refractivity contribution in [1.82, 2.24) is 20.3 Å². The van der Waals surface area contributed by atoms with Gasteiger partial charge in [-0.3, -0.25) is 9.78 Å². The first-order chi connectivity index (χ1) is 16.4. The molecule has 1 fully saturated rings. The first kappa shape index (κ1) is 23.4. The summed E-state index contributed by atoms with van der Waals surface area (Å²) in [5, 5.41) is 3.67. The number of hydrogen-bond acceptors (Lipinski definition) is 6. The van der Waals surface area contributed by atoms with Crippen LogP contribution in [0.25, 0.3) is 22.2 Å². The molecule has 0 saturated carbocycles. The largest absolute Gasteiger partial charge is 0.495 e. The van der Waals surface area contributed by atoms with Crippen molar-refractivity contribution in [2.45, 2.75) is 33.1 Å². The molecule has 5 rings (SSSR count). The van der Waals surface area contributed by atoms with Crippen LogP contribution in [0.3, 0.4) is 0 Å². The lowest BCUT2D eigenvalue weighted by Crippen LogP contribution is -2.13. The number of pyridine rings is 1. The lowest BCUT2D eigenvalue weighted by Gasteiger charge is -2.08. The summed E-state index contributed by atoms with van der Waals surface area (Å²) in [6.45, 7) is 6.66. The highest BCUT2D eigenvalue weighted by molar-refractivity contribution is 5.84. The van der Waals surface area contributed by atoms with Gasteiger partial charge in [-0.25, -0.2) is 4.98 Å². The van der Waals surface area contributed by atoms with Gasteiger partial charge in [0.15, 0.2) is 0 Å². The third kappa shape index (κ3) is 5.61. The van der Waals surface area contributed by atoms with Crippen molar-refractivity contribution in [3.8, 4) is 17.0 Å². The molecule has 1 aliphatic rings. The van der Waals surface area contributed by atoms with E-state index >= 15 is 0 Å². The highest BCUT2D eigenvalue weighted by Crippen LogP contribution is 2.25. The number of aromatic amines is 1. The van der Waals surface area contributed by atoms with Crippen LogP contribution < -0.4 is 21.3 Å². The smallest absolute Gasteiger partial charge is 0.258 e. The molecular weight excluding hydrogens is 426 g/mol. The highest BCUT2D eigenvalue weighted by atomic mass is 16.5. The molecular formula is C27H31N5O2. The molecule has 4 aromatic rings. The Morgan fingerprint density at radius 1 is 1.03 bits per heavy atom. The van der Waals surface area contributed by atoms with E-state index in [2.05, 4.69) is 52.3 Å². The van der Waals surface area contributed by atoms with Crippen molar-refractivity contribution < 1.29 is 4.74 Å². The molecule has 2 aromatic heterocycles. The SMILES string of the molecule is C1CCNC1.COc1cc2c(=O)[nH]c(Cc3ccc(-c4cc(C)cc(C)c4)nc3)nc2cc1N. The van der Waals surface area contributed by atoms with Crippen LogP contribution >= 0.6 is 0 Å². The predicted molar refractivity (Wildman–Crippen MR) is 137 cm³/mol. The van der Waals surface area contributed by atoms with Crippen LogP contribution in [-0.4, -0.2) is 35.2 Å². The first-order valence-corrected chi connectivity index (χ1v) is 11.5. The summed E-state index contributed by atoms with van der Waals surface area (Å²) in [5.74, 6) is 1.02. The molecule has 176 valence electrons. The van der Waals surface area contributed by atoms with Crippen LogP contribution in [-0.2, 0) is 6.42 Å². The number of H-pyrrole nitrogens is 1. The van der Waals surface area contributed by atoms with Gasteiger partial charge in [-0.05, 0) is 75.7 Å². The van der Waals surface area contributed by atoms with E-state index in [1.54, 1.807) is 12.1 Å². The van der Waals surface area contributed by atoms with Gasteiger partial charge < -0.3 is 20.8 Å². The zero-order valence-corrected chi connectivity index (χ0v) is 19.9. The number of aromatic nitrogens is 3. The monoisotopic (exact) mass is 457 g/mol. The van der Waals surface area contributed by atoms with Crippen molar-refractivity contribution >= 4 is 16.6 Å². The summed E-state index contributed by atoms with van der Waals surface area (Å²) >= 11 is 0. The number of nitrogens with two attached hydrogens (primary N) is 1. The fourth-order valence-electron chi connectivity index (χ4n) is 4.13. The number of nitrogens with one attached hydrogen (secondary N) is 2. The van der Waals surface area contributed by atoms with Crippen molar-refractivity contribution in [2.75, 3.05) is 25.9 Å². The quantitative estimate of drug-likeness (QED) is 0.398. The molecule has 0 amide bonds. The minimum atomic E-state index is -0.219. The Kier molecular flexibility index (Phi) is 7.23. The first-order valence-electron chi connectivity index (χ1n) is 11.5. The van der Waals surface area contributed by atoms with Gasteiger partial charge in [0.2, 0.25) is 0 Å². The van der Waals surface area contributed by atoms with Crippen LogP contribution in [0, 0.1) is 13.8 Å². The summed E-state index contributed by atoms with van der Waals surface area (Å²) in [5.41, 5.74) is 12.1. The van der Waals surface area contributed by atoms with Crippen LogP contribution in [0.2, 0.25) is 0 Å². The van der Waals surface area contributed by atoms with E-state index < -0.39 is 0 Å². The van der Waals surface area contributed by atoms with Crippen LogP contribution in [0.15, 0.2) is 53.5 Å². The van der Waals surface area contributed by atoms with E-state index in [4.69, 9.17) is 10.5 Å². The summed E-state index contributed by atoms with van der Waals surface area (Å²) in [7, 11) is 1.52. The summed E-state index contributed by atoms with van der Waals surface area (Å²) in [6, 6.07) is 13.7. The standard InChI is InChI=1S/C23H22N4O2.C4H9N/c1-13-6-14(2)8-16(7-13)19-5-4-15(12-25-19)9-22-26-20-11-18(24)21(29-3)10-17(20)23(28)27-22;1-2-4-5-3-1/h4-8,10-12H,9,24H2,1-3H3,(H,26,27,28);5H,1-4H2. The van der Waals surface area contributed by atoms with E-state index in [1.165, 1.54) is 44.2 Å². The van der Waals surface area contributed by atoms with Crippen LogP contribution in [0.5, 0.6) is 5.75 Å². The fraction of sp³-hybridized carbons (Fsp3) is 0.296. The van der Waals surface area contributed by atoms with Gasteiger partial charge in [-0.2, -0.15) is 0 Å². The minimum Gasteiger partial charge on any atom is -0.495 e. The maximum Gasteiger partial charge on any atom is 0.258 e. The Bertz CT molecular complexity index is 1310. The molecule has 0 spiro atoms. The molecule has 3 heterocycles. The van der Waals surface area contributed by atoms with Gasteiger partial charge in [-0.15, -0.1) is 0 Å². The van der Waals surface area contributed by atoms with E-state index in [0.29, 0.717) is 34.6 Å². The average molecular weight is 458 g/mol. The molecule has 0 aliphatic carbocycles. The topological polar surface area (TPSA) is 106 Å². The van der Waals surface area contributed by atoms with Crippen molar-refractivity contribution in [2.24, 2.45) is 0 Å². The Balaban J connectivity index is 0.000000486. The predicted octanol–water partition coefficient (Wildman–Crippen LogP) is 4.15. The zero-order valence-electron chi connectivity index (χ0n) is 19.9. The summed E-state index contributed by atoms with van der Waals surface area (Å²) in [4.78, 5) is 24.4. The zero-order chi connectivity index (χ0) is 24.1. The number of nitrogens with zero attached hydrogens (tertiary/aromatic N) is 2. The normalized spacial score (nSPS) is 12.9. The number of ether oxygens (including phenoxy) is 1. The number of hydrogen-bond donors (Lipinski definition) is 3. The number of anilines is 1. The second kappa shape index (κ2) is 10.5. The minimum absolute atomic E-state index is 0.219. The molecule has 1 saturated heterocycles. The molecule has 34 heavy (non-hydrogen) atoms. The second-order valence-corrected chi connectivity index (χ2v) is 8.69. The summed E-state index contributed by atoms with van der Waals surface area (Å²) in [6.07, 6.45) is 5.07. The number of rotatable bonds is 4. The molecule has 0 atom stereocenters. The Hall–Kier alpha value is -3.71. The third-order valence-corrected chi connectivity index (χ3v) is 5.78. The lowest BCUT2D eigenvalue weighted by atomic mass is 10.0.